The summed E-state index contributed by atoms with van der Waals surface area (Å²) >= 11 is 3.44. The zero-order chi connectivity index (χ0) is 10.9. The van der Waals surface area contributed by atoms with Crippen molar-refractivity contribution in [2.24, 2.45) is 0 Å². The maximum atomic E-state index is 3.46. The van der Waals surface area contributed by atoms with Crippen molar-refractivity contribution in [3.63, 3.8) is 0 Å². The van der Waals surface area contributed by atoms with Gasteiger partial charge in [-0.3, -0.25) is 0 Å². The molecular weight excluding hydrogens is 286 g/mol. The minimum atomic E-state index is 0. The van der Waals surface area contributed by atoms with Gasteiger partial charge < -0.3 is 17.7 Å². The van der Waals surface area contributed by atoms with Crippen LogP contribution in [0, 0.1) is 0 Å². The Kier molecular flexibility index (Phi) is 10.1. The van der Waals surface area contributed by atoms with Crippen LogP contribution in [-0.4, -0.2) is 6.54 Å². The Balaban J connectivity index is 0.00000225. The fraction of sp³-hybridized carbons (Fsp3) is 0.538. The average Bonchev–Trinajstić information content (AvgIpc) is 2.26. The topological polar surface area (TPSA) is 12.0 Å². The maximum Gasteiger partial charge on any atom is 0.0205 e. The number of benzene rings is 1. The van der Waals surface area contributed by atoms with E-state index in [0.29, 0.717) is 0 Å². The lowest BCUT2D eigenvalue weighted by molar-refractivity contribution is -0.00000311. The summed E-state index contributed by atoms with van der Waals surface area (Å²) in [5, 5.41) is 3.46. The van der Waals surface area contributed by atoms with Crippen molar-refractivity contribution in [2.75, 3.05) is 6.54 Å². The number of rotatable bonds is 7. The van der Waals surface area contributed by atoms with Crippen LogP contribution >= 0.6 is 15.9 Å². The highest BCUT2D eigenvalue weighted by Crippen LogP contribution is 2.10. The summed E-state index contributed by atoms with van der Waals surface area (Å²) in [6, 6.07) is 8.49. The molecule has 0 aliphatic carbocycles. The second-order valence-corrected chi connectivity index (χ2v) is 4.78. The smallest absolute Gasteiger partial charge is 0.0205 e. The molecule has 16 heavy (non-hydrogen) atoms. The van der Waals surface area contributed by atoms with E-state index in [2.05, 4.69) is 52.4 Å². The van der Waals surface area contributed by atoms with Crippen molar-refractivity contribution in [2.45, 2.75) is 39.2 Å². The third-order valence-electron chi connectivity index (χ3n) is 2.45. The third kappa shape index (κ3) is 7.26. The molecule has 1 nitrogen and oxygen atoms in total. The zero-order valence-corrected chi connectivity index (χ0v) is 12.1. The van der Waals surface area contributed by atoms with E-state index in [1.807, 2.05) is 0 Å². The van der Waals surface area contributed by atoms with E-state index in [4.69, 9.17) is 0 Å². The van der Waals surface area contributed by atoms with Gasteiger partial charge in [-0.05, 0) is 30.7 Å². The summed E-state index contributed by atoms with van der Waals surface area (Å²) in [5.41, 5.74) is 1.36. The van der Waals surface area contributed by atoms with E-state index >= 15 is 0 Å². The van der Waals surface area contributed by atoms with Crippen LogP contribution in [0.4, 0.5) is 0 Å². The first kappa shape index (κ1) is 16.0. The van der Waals surface area contributed by atoms with E-state index in [9.17, 15) is 0 Å². The maximum absolute atomic E-state index is 3.46. The second kappa shape index (κ2) is 10.1. The fourth-order valence-corrected chi connectivity index (χ4v) is 1.78. The van der Waals surface area contributed by atoms with Crippen LogP contribution in [0.15, 0.2) is 28.7 Å². The van der Waals surface area contributed by atoms with Crippen molar-refractivity contribution in [3.8, 4) is 0 Å². The number of hydrogen-bond donors (Lipinski definition) is 1. The molecular formula is C13H20BrClN-. The second-order valence-electron chi connectivity index (χ2n) is 3.86. The average molecular weight is 306 g/mol. The molecule has 0 heterocycles. The molecule has 0 aliphatic rings. The Hall–Kier alpha value is -0.0500. The Bertz CT molecular complexity index is 261. The zero-order valence-electron chi connectivity index (χ0n) is 9.81. The van der Waals surface area contributed by atoms with Crippen molar-refractivity contribution in [3.05, 3.63) is 34.3 Å². The molecule has 1 N–H and O–H groups in total. The van der Waals surface area contributed by atoms with Gasteiger partial charge in [0, 0.05) is 11.0 Å². The molecule has 0 saturated carbocycles. The van der Waals surface area contributed by atoms with Crippen LogP contribution in [0.1, 0.15) is 38.2 Å². The number of hydrogen-bond acceptors (Lipinski definition) is 1. The summed E-state index contributed by atoms with van der Waals surface area (Å²) < 4.78 is 1.15. The van der Waals surface area contributed by atoms with Crippen molar-refractivity contribution in [1.82, 2.24) is 5.32 Å². The normalized spacial score (nSPS) is 9.88. The Morgan fingerprint density at radius 2 is 1.75 bits per heavy atom. The highest BCUT2D eigenvalue weighted by Gasteiger charge is 1.92. The van der Waals surface area contributed by atoms with Gasteiger partial charge in [-0.25, -0.2) is 0 Å². The van der Waals surface area contributed by atoms with Crippen LogP contribution < -0.4 is 17.7 Å². The molecule has 0 spiro atoms. The molecule has 0 bridgehead atoms. The van der Waals surface area contributed by atoms with Gasteiger partial charge in [-0.1, -0.05) is 54.2 Å². The van der Waals surface area contributed by atoms with Gasteiger partial charge in [0.15, 0.2) is 0 Å². The predicted octanol–water partition coefficient (Wildman–Crippen LogP) is 1.12. The highest BCUT2D eigenvalue weighted by molar-refractivity contribution is 9.10. The molecule has 1 aromatic rings. The van der Waals surface area contributed by atoms with Gasteiger partial charge in [0.05, 0.1) is 0 Å². The first-order valence-corrected chi connectivity index (χ1v) is 6.57. The molecule has 0 aliphatic heterocycles. The minimum Gasteiger partial charge on any atom is -1.00 e. The molecule has 92 valence electrons. The van der Waals surface area contributed by atoms with Gasteiger partial charge in [-0.15, -0.1) is 0 Å². The number of nitrogens with one attached hydrogen (secondary N) is 1. The lowest BCUT2D eigenvalue weighted by Crippen LogP contribution is -3.00. The molecule has 0 unspecified atom stereocenters. The molecule has 1 aromatic carbocycles. The Morgan fingerprint density at radius 1 is 1.06 bits per heavy atom. The highest BCUT2D eigenvalue weighted by atomic mass is 79.9. The summed E-state index contributed by atoms with van der Waals surface area (Å²) in [5.74, 6) is 0. The van der Waals surface area contributed by atoms with E-state index in [-0.39, 0.29) is 12.4 Å². The van der Waals surface area contributed by atoms with Gasteiger partial charge in [-0.2, -0.15) is 0 Å². The van der Waals surface area contributed by atoms with Gasteiger partial charge >= 0.3 is 0 Å². The van der Waals surface area contributed by atoms with Crippen molar-refractivity contribution in [1.29, 1.82) is 0 Å². The summed E-state index contributed by atoms with van der Waals surface area (Å²) in [7, 11) is 0. The molecule has 0 saturated heterocycles. The fourth-order valence-electron chi connectivity index (χ4n) is 1.51. The first-order valence-electron chi connectivity index (χ1n) is 5.78. The van der Waals surface area contributed by atoms with E-state index < -0.39 is 0 Å². The molecule has 0 radical (unpaired) electrons. The summed E-state index contributed by atoms with van der Waals surface area (Å²) in [6.45, 7) is 4.37. The van der Waals surface area contributed by atoms with Gasteiger partial charge in [0.1, 0.15) is 0 Å². The Morgan fingerprint density at radius 3 is 2.38 bits per heavy atom. The predicted molar refractivity (Wildman–Crippen MR) is 70.0 cm³/mol. The SMILES string of the molecule is CCCCCCNCc1ccc(Br)cc1.[Cl-]. The van der Waals surface area contributed by atoms with Crippen LogP contribution in [0.5, 0.6) is 0 Å². The molecule has 0 fully saturated rings. The molecule has 0 amide bonds. The lowest BCUT2D eigenvalue weighted by atomic mass is 10.2. The molecule has 0 aromatic heterocycles. The Labute approximate surface area is 114 Å². The molecule has 0 atom stereocenters. The minimum absolute atomic E-state index is 0. The van der Waals surface area contributed by atoms with E-state index in [0.717, 1.165) is 17.6 Å². The van der Waals surface area contributed by atoms with Gasteiger partial charge in [0.25, 0.3) is 0 Å². The van der Waals surface area contributed by atoms with Crippen LogP contribution in [0.2, 0.25) is 0 Å². The van der Waals surface area contributed by atoms with Crippen LogP contribution in [0.25, 0.3) is 0 Å². The molecule has 1 rings (SSSR count). The quantitative estimate of drug-likeness (QED) is 0.745. The van der Waals surface area contributed by atoms with Crippen molar-refractivity contribution < 1.29 is 12.4 Å². The summed E-state index contributed by atoms with van der Waals surface area (Å²) in [6.07, 6.45) is 5.32. The van der Waals surface area contributed by atoms with E-state index in [1.165, 1.54) is 31.2 Å². The summed E-state index contributed by atoms with van der Waals surface area (Å²) in [4.78, 5) is 0. The van der Waals surface area contributed by atoms with Crippen molar-refractivity contribution >= 4 is 15.9 Å². The van der Waals surface area contributed by atoms with E-state index in [1.54, 1.807) is 0 Å². The monoisotopic (exact) mass is 304 g/mol. The first-order chi connectivity index (χ1) is 7.33. The number of halogens is 2. The lowest BCUT2D eigenvalue weighted by Gasteiger charge is -2.04. The largest absolute Gasteiger partial charge is 1.00 e. The van der Waals surface area contributed by atoms with Crippen LogP contribution in [0.3, 0.4) is 0 Å². The third-order valence-corrected chi connectivity index (χ3v) is 2.98. The number of unbranched alkanes of at least 4 members (excludes halogenated alkanes) is 3. The van der Waals surface area contributed by atoms with Gasteiger partial charge in [0.2, 0.25) is 0 Å². The van der Waals surface area contributed by atoms with Crippen LogP contribution in [-0.2, 0) is 6.54 Å². The molecule has 3 heteroatoms. The standard InChI is InChI=1S/C13H20BrN.ClH/c1-2-3-4-5-10-15-11-12-6-8-13(14)9-7-12;/h6-9,15H,2-5,10-11H2,1H3;1H/p-1.